The van der Waals surface area contributed by atoms with Gasteiger partial charge in [0.15, 0.2) is 0 Å². The minimum Gasteiger partial charge on any atom is -0.176 e. The Kier molecular flexibility index (Phi) is 9.49. The lowest BCUT2D eigenvalue weighted by molar-refractivity contribution is 0.105. The van der Waals surface area contributed by atoms with Gasteiger partial charge < -0.3 is 0 Å². The Hall–Kier alpha value is 0.350. The van der Waals surface area contributed by atoms with E-state index in [0.717, 1.165) is 17.8 Å². The second kappa shape index (κ2) is 9.32. The molecule has 0 aromatic rings. The van der Waals surface area contributed by atoms with E-state index in [0.29, 0.717) is 10.7 Å². The SMILES string of the molecule is CCCCC(C)(CC(C)C)C(CC(C)C)C(S)CC. The van der Waals surface area contributed by atoms with Gasteiger partial charge in [0.25, 0.3) is 0 Å². The normalized spacial score (nSPS) is 18.6. The minimum absolute atomic E-state index is 0.469. The van der Waals surface area contributed by atoms with E-state index in [1.54, 1.807) is 0 Å². The zero-order valence-electron chi connectivity index (χ0n) is 14.5. The number of hydrogen-bond donors (Lipinski definition) is 1. The van der Waals surface area contributed by atoms with E-state index in [4.69, 9.17) is 12.6 Å². The molecule has 0 aliphatic carbocycles. The molecule has 0 radical (unpaired) electrons. The predicted molar refractivity (Wildman–Crippen MR) is 93.1 cm³/mol. The van der Waals surface area contributed by atoms with E-state index in [-0.39, 0.29) is 0 Å². The maximum absolute atomic E-state index is 4.94. The molecule has 1 heteroatoms. The summed E-state index contributed by atoms with van der Waals surface area (Å²) in [5.74, 6) is 2.32. The van der Waals surface area contributed by atoms with Gasteiger partial charge in [0.05, 0.1) is 0 Å². The number of rotatable bonds is 10. The summed E-state index contributed by atoms with van der Waals surface area (Å²) in [5, 5.41) is 0.558. The van der Waals surface area contributed by atoms with Gasteiger partial charge in [-0.2, -0.15) is 12.6 Å². The molecule has 0 rings (SSSR count). The Morgan fingerprint density at radius 3 is 1.95 bits per heavy atom. The van der Waals surface area contributed by atoms with Crippen molar-refractivity contribution >= 4 is 12.6 Å². The van der Waals surface area contributed by atoms with Crippen molar-refractivity contribution in [2.45, 2.75) is 92.2 Å². The summed E-state index contributed by atoms with van der Waals surface area (Å²) in [6, 6.07) is 0. The zero-order chi connectivity index (χ0) is 15.1. The lowest BCUT2D eigenvalue weighted by atomic mass is 9.65. The molecule has 0 aliphatic rings. The molecule has 0 aromatic heterocycles. The van der Waals surface area contributed by atoms with Crippen LogP contribution in [0, 0.1) is 23.2 Å². The molecule has 0 heterocycles. The van der Waals surface area contributed by atoms with Crippen LogP contribution in [0.5, 0.6) is 0 Å². The smallest absolute Gasteiger partial charge is 0.00477 e. The van der Waals surface area contributed by atoms with Crippen molar-refractivity contribution in [3.8, 4) is 0 Å². The molecule has 0 bridgehead atoms. The predicted octanol–water partition coefficient (Wildman–Crippen LogP) is 6.60. The van der Waals surface area contributed by atoms with Crippen molar-refractivity contribution < 1.29 is 0 Å². The van der Waals surface area contributed by atoms with Crippen LogP contribution < -0.4 is 0 Å². The fourth-order valence-electron chi connectivity index (χ4n) is 3.65. The standard InChI is InChI=1S/C18H38S/c1-8-10-11-18(7,13-15(5)6)16(12-14(3)4)17(19)9-2/h14-17,19H,8-13H2,1-7H3. The molecule has 0 amide bonds. The Balaban J connectivity index is 5.08. The van der Waals surface area contributed by atoms with Crippen LogP contribution in [0.1, 0.15) is 87.0 Å². The van der Waals surface area contributed by atoms with Crippen LogP contribution in [-0.2, 0) is 0 Å². The van der Waals surface area contributed by atoms with Gasteiger partial charge in [-0.15, -0.1) is 0 Å². The summed E-state index contributed by atoms with van der Waals surface area (Å²) < 4.78 is 0. The highest BCUT2D eigenvalue weighted by Gasteiger charge is 2.37. The monoisotopic (exact) mass is 286 g/mol. The lowest BCUT2D eigenvalue weighted by Crippen LogP contribution is -2.36. The highest BCUT2D eigenvalue weighted by molar-refractivity contribution is 7.81. The highest BCUT2D eigenvalue weighted by atomic mass is 32.1. The third-order valence-electron chi connectivity index (χ3n) is 4.48. The fourth-order valence-corrected chi connectivity index (χ4v) is 4.13. The van der Waals surface area contributed by atoms with Gasteiger partial charge in [0.2, 0.25) is 0 Å². The average molecular weight is 287 g/mol. The van der Waals surface area contributed by atoms with Crippen molar-refractivity contribution in [3.63, 3.8) is 0 Å². The first-order chi connectivity index (χ1) is 8.76. The summed E-state index contributed by atoms with van der Waals surface area (Å²) in [5.41, 5.74) is 0.469. The van der Waals surface area contributed by atoms with Crippen LogP contribution in [0.4, 0.5) is 0 Å². The van der Waals surface area contributed by atoms with Crippen LogP contribution in [0.2, 0.25) is 0 Å². The van der Waals surface area contributed by atoms with Crippen LogP contribution in [-0.4, -0.2) is 5.25 Å². The Morgan fingerprint density at radius 1 is 1.00 bits per heavy atom. The van der Waals surface area contributed by atoms with Crippen LogP contribution in [0.15, 0.2) is 0 Å². The topological polar surface area (TPSA) is 0 Å². The van der Waals surface area contributed by atoms with Crippen molar-refractivity contribution in [1.82, 2.24) is 0 Å². The van der Waals surface area contributed by atoms with Crippen molar-refractivity contribution in [2.75, 3.05) is 0 Å². The van der Waals surface area contributed by atoms with Gasteiger partial charge in [-0.3, -0.25) is 0 Å². The van der Waals surface area contributed by atoms with E-state index in [9.17, 15) is 0 Å². The van der Waals surface area contributed by atoms with Crippen molar-refractivity contribution in [1.29, 1.82) is 0 Å². The van der Waals surface area contributed by atoms with Crippen molar-refractivity contribution in [2.24, 2.45) is 23.2 Å². The van der Waals surface area contributed by atoms with Gasteiger partial charge in [0, 0.05) is 5.25 Å². The molecule has 0 aromatic carbocycles. The molecule has 0 aliphatic heterocycles. The summed E-state index contributed by atoms with van der Waals surface area (Å²) in [6.45, 7) is 16.6. The van der Waals surface area contributed by atoms with E-state index >= 15 is 0 Å². The second-order valence-corrected chi connectivity index (χ2v) is 8.23. The van der Waals surface area contributed by atoms with Gasteiger partial charge in [0.1, 0.15) is 0 Å². The van der Waals surface area contributed by atoms with Crippen molar-refractivity contribution in [3.05, 3.63) is 0 Å². The van der Waals surface area contributed by atoms with Gasteiger partial charge in [-0.1, -0.05) is 61.3 Å². The molecule has 19 heavy (non-hydrogen) atoms. The molecule has 0 N–H and O–H groups in total. The second-order valence-electron chi connectivity index (χ2n) is 7.57. The lowest BCUT2D eigenvalue weighted by Gasteiger charge is -2.43. The van der Waals surface area contributed by atoms with Gasteiger partial charge in [-0.05, 0) is 48.9 Å². The summed E-state index contributed by atoms with van der Waals surface area (Å²) in [7, 11) is 0. The first-order valence-electron chi connectivity index (χ1n) is 8.44. The molecule has 0 spiro atoms. The van der Waals surface area contributed by atoms with E-state index in [1.165, 1.54) is 38.5 Å². The molecular formula is C18H38S. The van der Waals surface area contributed by atoms with E-state index in [2.05, 4.69) is 48.5 Å². The van der Waals surface area contributed by atoms with Gasteiger partial charge in [-0.25, -0.2) is 0 Å². The molecule has 0 nitrogen and oxygen atoms in total. The third-order valence-corrected chi connectivity index (χ3v) is 5.20. The molecule has 3 unspecified atom stereocenters. The largest absolute Gasteiger partial charge is 0.176 e. The molecule has 0 fully saturated rings. The maximum Gasteiger partial charge on any atom is 0.00477 e. The summed E-state index contributed by atoms with van der Waals surface area (Å²) in [4.78, 5) is 0. The molecule has 3 atom stereocenters. The minimum atomic E-state index is 0.469. The zero-order valence-corrected chi connectivity index (χ0v) is 15.4. The fraction of sp³-hybridized carbons (Fsp3) is 1.00. The average Bonchev–Trinajstić information content (AvgIpc) is 2.31. The number of hydrogen-bond acceptors (Lipinski definition) is 1. The number of unbranched alkanes of at least 4 members (excludes halogenated alkanes) is 1. The molecular weight excluding hydrogens is 248 g/mol. The molecule has 116 valence electrons. The number of thiol groups is 1. The highest BCUT2D eigenvalue weighted by Crippen LogP contribution is 2.45. The molecule has 0 saturated carbocycles. The van der Waals surface area contributed by atoms with Crippen LogP contribution >= 0.6 is 12.6 Å². The quantitative estimate of drug-likeness (QED) is 0.430. The van der Waals surface area contributed by atoms with E-state index in [1.807, 2.05) is 0 Å². The third kappa shape index (κ3) is 7.06. The Morgan fingerprint density at radius 2 is 1.58 bits per heavy atom. The first kappa shape index (κ1) is 19.4. The Bertz CT molecular complexity index is 222. The Labute approximate surface area is 128 Å². The molecule has 0 saturated heterocycles. The van der Waals surface area contributed by atoms with Crippen LogP contribution in [0.25, 0.3) is 0 Å². The maximum atomic E-state index is 4.94. The summed E-state index contributed by atoms with van der Waals surface area (Å²) in [6.07, 6.45) is 7.92. The van der Waals surface area contributed by atoms with Gasteiger partial charge >= 0.3 is 0 Å². The van der Waals surface area contributed by atoms with Crippen LogP contribution in [0.3, 0.4) is 0 Å². The van der Waals surface area contributed by atoms with E-state index < -0.39 is 0 Å². The first-order valence-corrected chi connectivity index (χ1v) is 8.96. The summed E-state index contributed by atoms with van der Waals surface area (Å²) >= 11 is 4.94.